The van der Waals surface area contributed by atoms with Crippen LogP contribution in [0, 0.1) is 0 Å². The Morgan fingerprint density at radius 2 is 1.81 bits per heavy atom. The molecule has 0 aliphatic carbocycles. The second kappa shape index (κ2) is 6.57. The minimum Gasteiger partial charge on any atom is -0.489 e. The molecule has 2 aliphatic rings. The van der Waals surface area contributed by atoms with Crippen molar-refractivity contribution in [2.45, 2.75) is 44.9 Å². The molecule has 21 heavy (non-hydrogen) atoms. The highest BCUT2D eigenvalue weighted by molar-refractivity contribution is 9.10. The number of hydrogen-bond acceptors (Lipinski definition) is 3. The van der Waals surface area contributed by atoms with E-state index in [0.29, 0.717) is 11.8 Å². The maximum Gasteiger partial charge on any atom is 0.175 e. The third-order valence-corrected chi connectivity index (χ3v) is 4.99. The summed E-state index contributed by atoms with van der Waals surface area (Å²) in [6.45, 7) is 8.19. The van der Waals surface area contributed by atoms with E-state index in [-0.39, 0.29) is 0 Å². The van der Waals surface area contributed by atoms with Gasteiger partial charge in [0.05, 0.1) is 17.7 Å². The normalized spacial score (nSPS) is 19.6. The minimum atomic E-state index is 0.443. The van der Waals surface area contributed by atoms with Gasteiger partial charge in [0.2, 0.25) is 0 Å². The first-order valence-electron chi connectivity index (χ1n) is 8.01. The predicted molar refractivity (Wildman–Crippen MR) is 88.7 cm³/mol. The second-order valence-electron chi connectivity index (χ2n) is 6.25. The van der Waals surface area contributed by atoms with Gasteiger partial charge in [-0.15, -0.1) is 0 Å². The molecule has 0 radical (unpaired) electrons. The Bertz CT molecular complexity index is 510. The van der Waals surface area contributed by atoms with Crippen LogP contribution in [0.1, 0.15) is 56.1 Å². The highest BCUT2D eigenvalue weighted by Gasteiger charge is 2.27. The smallest absolute Gasteiger partial charge is 0.175 e. The van der Waals surface area contributed by atoms with Crippen LogP contribution >= 0.6 is 15.9 Å². The lowest BCUT2D eigenvalue weighted by Gasteiger charge is -2.28. The Morgan fingerprint density at radius 3 is 2.48 bits per heavy atom. The van der Waals surface area contributed by atoms with Gasteiger partial charge >= 0.3 is 0 Å². The minimum absolute atomic E-state index is 0.443. The van der Waals surface area contributed by atoms with Crippen molar-refractivity contribution in [3.8, 4) is 11.5 Å². The van der Waals surface area contributed by atoms with Crippen LogP contribution in [0.2, 0.25) is 0 Å². The quantitative estimate of drug-likeness (QED) is 0.864. The van der Waals surface area contributed by atoms with E-state index in [9.17, 15) is 0 Å². The zero-order chi connectivity index (χ0) is 14.8. The molecule has 1 aromatic carbocycles. The van der Waals surface area contributed by atoms with Crippen molar-refractivity contribution < 1.29 is 9.47 Å². The Balaban J connectivity index is 2.10. The van der Waals surface area contributed by atoms with E-state index in [1.165, 1.54) is 24.0 Å². The number of fused-ring (bicyclic) bond motifs is 1. The number of piperidine rings is 1. The molecule has 3 rings (SSSR count). The summed E-state index contributed by atoms with van der Waals surface area (Å²) in [7, 11) is 0. The van der Waals surface area contributed by atoms with Gasteiger partial charge in [0.25, 0.3) is 0 Å². The zero-order valence-corrected chi connectivity index (χ0v) is 14.5. The van der Waals surface area contributed by atoms with Crippen LogP contribution < -0.4 is 14.8 Å². The average molecular weight is 354 g/mol. The fraction of sp³-hybridized carbons (Fsp3) is 0.647. The summed E-state index contributed by atoms with van der Waals surface area (Å²) in [4.78, 5) is 0. The van der Waals surface area contributed by atoms with Crippen molar-refractivity contribution in [2.24, 2.45) is 0 Å². The van der Waals surface area contributed by atoms with Crippen LogP contribution in [-0.4, -0.2) is 26.3 Å². The van der Waals surface area contributed by atoms with E-state index in [1.54, 1.807) is 0 Å². The van der Waals surface area contributed by atoms with Crippen LogP contribution in [0.15, 0.2) is 10.5 Å². The molecular formula is C17H24BrNO2. The van der Waals surface area contributed by atoms with E-state index in [0.717, 1.165) is 48.7 Å². The molecule has 0 bridgehead atoms. The molecule has 116 valence electrons. The van der Waals surface area contributed by atoms with Gasteiger partial charge in [-0.1, -0.05) is 13.8 Å². The summed E-state index contributed by atoms with van der Waals surface area (Å²) in [5.41, 5.74) is 2.80. The predicted octanol–water partition coefficient (Wildman–Crippen LogP) is 4.20. The van der Waals surface area contributed by atoms with Gasteiger partial charge in [0.1, 0.15) is 0 Å². The number of benzene rings is 1. The summed E-state index contributed by atoms with van der Waals surface area (Å²) in [5.74, 6) is 2.94. The number of halogens is 1. The van der Waals surface area contributed by atoms with Gasteiger partial charge in [-0.3, -0.25) is 0 Å². The van der Waals surface area contributed by atoms with Gasteiger partial charge in [-0.2, -0.15) is 0 Å². The molecule has 2 aliphatic heterocycles. The first kappa shape index (κ1) is 15.2. The van der Waals surface area contributed by atoms with Crippen LogP contribution in [0.3, 0.4) is 0 Å². The summed E-state index contributed by atoms with van der Waals surface area (Å²) >= 11 is 3.70. The van der Waals surface area contributed by atoms with Crippen molar-refractivity contribution in [2.75, 3.05) is 26.3 Å². The summed E-state index contributed by atoms with van der Waals surface area (Å²) in [6.07, 6.45) is 3.35. The number of ether oxygens (including phenoxy) is 2. The van der Waals surface area contributed by atoms with Gasteiger partial charge in [0, 0.05) is 12.0 Å². The van der Waals surface area contributed by atoms with Crippen molar-refractivity contribution in [1.29, 1.82) is 0 Å². The molecule has 0 unspecified atom stereocenters. The molecule has 0 aromatic heterocycles. The van der Waals surface area contributed by atoms with Crippen molar-refractivity contribution in [1.82, 2.24) is 5.32 Å². The average Bonchev–Trinajstić information content (AvgIpc) is 2.73. The first-order valence-corrected chi connectivity index (χ1v) is 8.80. The number of nitrogens with one attached hydrogen (secondary N) is 1. The topological polar surface area (TPSA) is 30.5 Å². The number of rotatable bonds is 2. The van der Waals surface area contributed by atoms with Crippen molar-refractivity contribution in [3.63, 3.8) is 0 Å². The van der Waals surface area contributed by atoms with E-state index in [1.807, 2.05) is 0 Å². The second-order valence-corrected chi connectivity index (χ2v) is 7.10. The van der Waals surface area contributed by atoms with E-state index in [2.05, 4.69) is 41.2 Å². The molecule has 3 nitrogen and oxygen atoms in total. The standard InChI is InChI=1S/C17H24BrNO2/c1-11(2)15-13(12-4-6-19-7-5-12)10-14(18)16-17(15)21-9-3-8-20-16/h10-12,19H,3-9H2,1-2H3. The first-order chi connectivity index (χ1) is 10.2. The van der Waals surface area contributed by atoms with E-state index < -0.39 is 0 Å². The zero-order valence-electron chi connectivity index (χ0n) is 12.9. The van der Waals surface area contributed by atoms with E-state index in [4.69, 9.17) is 9.47 Å². The Morgan fingerprint density at radius 1 is 1.14 bits per heavy atom. The lowest BCUT2D eigenvalue weighted by molar-refractivity contribution is 0.295. The summed E-state index contributed by atoms with van der Waals surface area (Å²) in [6, 6.07) is 2.28. The SMILES string of the molecule is CC(C)c1c(C2CCNCC2)cc(Br)c2c1OCCCO2. The van der Waals surface area contributed by atoms with Gasteiger partial charge < -0.3 is 14.8 Å². The molecule has 0 atom stereocenters. The summed E-state index contributed by atoms with van der Waals surface area (Å²) in [5, 5.41) is 3.45. The Hall–Kier alpha value is -0.740. The maximum absolute atomic E-state index is 6.08. The molecule has 1 saturated heterocycles. The highest BCUT2D eigenvalue weighted by atomic mass is 79.9. The molecule has 4 heteroatoms. The fourth-order valence-corrected chi connectivity index (χ4v) is 3.93. The third kappa shape index (κ3) is 3.07. The molecular weight excluding hydrogens is 330 g/mol. The third-order valence-electron chi connectivity index (χ3n) is 4.40. The molecule has 0 saturated carbocycles. The molecule has 1 fully saturated rings. The maximum atomic E-state index is 6.08. The van der Waals surface area contributed by atoms with E-state index >= 15 is 0 Å². The van der Waals surface area contributed by atoms with Gasteiger partial charge in [-0.25, -0.2) is 0 Å². The Labute approximate surface area is 135 Å². The molecule has 1 aromatic rings. The lowest BCUT2D eigenvalue weighted by Crippen LogP contribution is -2.27. The molecule has 1 N–H and O–H groups in total. The number of hydrogen-bond donors (Lipinski definition) is 1. The molecule has 0 amide bonds. The van der Waals surface area contributed by atoms with Crippen LogP contribution in [-0.2, 0) is 0 Å². The molecule has 0 spiro atoms. The molecule has 2 heterocycles. The summed E-state index contributed by atoms with van der Waals surface area (Å²) < 4.78 is 13.0. The highest BCUT2D eigenvalue weighted by Crippen LogP contribution is 2.47. The van der Waals surface area contributed by atoms with Crippen molar-refractivity contribution >= 4 is 15.9 Å². The van der Waals surface area contributed by atoms with Gasteiger partial charge in [-0.05, 0) is 65.3 Å². The largest absolute Gasteiger partial charge is 0.489 e. The van der Waals surface area contributed by atoms with Crippen molar-refractivity contribution in [3.05, 3.63) is 21.7 Å². The van der Waals surface area contributed by atoms with Crippen LogP contribution in [0.5, 0.6) is 11.5 Å². The monoisotopic (exact) mass is 353 g/mol. The lowest BCUT2D eigenvalue weighted by atomic mass is 9.83. The fourth-order valence-electron chi connectivity index (χ4n) is 3.39. The van der Waals surface area contributed by atoms with Crippen LogP contribution in [0.4, 0.5) is 0 Å². The van der Waals surface area contributed by atoms with Crippen LogP contribution in [0.25, 0.3) is 0 Å². The van der Waals surface area contributed by atoms with Gasteiger partial charge in [0.15, 0.2) is 11.5 Å². The Kier molecular flexibility index (Phi) is 4.75.